The zero-order valence-corrected chi connectivity index (χ0v) is 16.6. The fraction of sp³-hybridized carbons (Fsp3) is 0.526. The maximum absolute atomic E-state index is 12.2. The van der Waals surface area contributed by atoms with Crippen LogP contribution in [0.4, 0.5) is 10.5 Å². The molecule has 154 valence electrons. The number of morpholine rings is 1. The average Bonchev–Trinajstić information content (AvgIpc) is 2.63. The van der Waals surface area contributed by atoms with Gasteiger partial charge in [0.2, 0.25) is 11.8 Å². The van der Waals surface area contributed by atoms with E-state index in [0.717, 1.165) is 5.56 Å². The molecule has 0 unspecified atom stereocenters. The minimum Gasteiger partial charge on any atom is -0.394 e. The number of nitrogens with zero attached hydrogens (tertiary/aromatic N) is 2. The topological polar surface area (TPSA) is 111 Å². The van der Waals surface area contributed by atoms with E-state index >= 15 is 0 Å². The number of ether oxygens (including phenoxy) is 1. The molecule has 0 aromatic heterocycles. The van der Waals surface area contributed by atoms with Gasteiger partial charge in [0, 0.05) is 25.8 Å². The minimum absolute atomic E-state index is 0.0219. The molecular formula is C19H28N4O5. The van der Waals surface area contributed by atoms with Crippen molar-refractivity contribution in [2.45, 2.75) is 32.0 Å². The van der Waals surface area contributed by atoms with E-state index in [0.29, 0.717) is 5.69 Å². The molecule has 1 aliphatic heterocycles. The Balaban J connectivity index is 2.13. The molecule has 1 aromatic carbocycles. The summed E-state index contributed by atoms with van der Waals surface area (Å²) < 4.78 is 5.65. The van der Waals surface area contributed by atoms with Crippen molar-refractivity contribution < 1.29 is 24.2 Å². The second-order valence-corrected chi connectivity index (χ2v) is 7.17. The molecule has 0 saturated carbocycles. The molecule has 0 bridgehead atoms. The van der Waals surface area contributed by atoms with E-state index < -0.39 is 12.1 Å². The zero-order valence-electron chi connectivity index (χ0n) is 16.6. The van der Waals surface area contributed by atoms with Crippen molar-refractivity contribution in [3.63, 3.8) is 0 Å². The number of nitrogens with one attached hydrogen (secondary N) is 2. The molecule has 0 radical (unpaired) electrons. The van der Waals surface area contributed by atoms with Crippen molar-refractivity contribution in [2.75, 3.05) is 39.2 Å². The van der Waals surface area contributed by atoms with Crippen LogP contribution in [0.5, 0.6) is 0 Å². The van der Waals surface area contributed by atoms with E-state index in [1.807, 2.05) is 13.8 Å². The molecule has 3 N–H and O–H groups in total. The molecule has 1 aliphatic rings. The Kier molecular flexibility index (Phi) is 7.36. The van der Waals surface area contributed by atoms with Crippen molar-refractivity contribution in [3.8, 4) is 0 Å². The Bertz CT molecular complexity index is 705. The molecular weight excluding hydrogens is 364 g/mol. The van der Waals surface area contributed by atoms with Crippen molar-refractivity contribution in [1.29, 1.82) is 0 Å². The van der Waals surface area contributed by atoms with Gasteiger partial charge in [0.25, 0.3) is 0 Å². The first kappa shape index (κ1) is 21.6. The number of benzene rings is 1. The lowest BCUT2D eigenvalue weighted by Crippen LogP contribution is -2.55. The highest BCUT2D eigenvalue weighted by Gasteiger charge is 2.38. The van der Waals surface area contributed by atoms with Gasteiger partial charge in [0.05, 0.1) is 12.6 Å². The molecule has 1 heterocycles. The van der Waals surface area contributed by atoms with Crippen molar-refractivity contribution in [2.24, 2.45) is 0 Å². The van der Waals surface area contributed by atoms with E-state index in [1.165, 1.54) is 9.80 Å². The molecule has 0 spiro atoms. The highest BCUT2D eigenvalue weighted by Crippen LogP contribution is 2.29. The number of anilines is 1. The Morgan fingerprint density at radius 2 is 1.93 bits per heavy atom. The predicted molar refractivity (Wildman–Crippen MR) is 104 cm³/mol. The highest BCUT2D eigenvalue weighted by molar-refractivity contribution is 5.89. The summed E-state index contributed by atoms with van der Waals surface area (Å²) in [5, 5.41) is 15.3. The lowest BCUT2D eigenvalue weighted by molar-refractivity contribution is -0.164. The molecule has 4 amide bonds. The van der Waals surface area contributed by atoms with Crippen LogP contribution in [-0.2, 0) is 14.3 Å². The first-order valence-electron chi connectivity index (χ1n) is 9.12. The second-order valence-electron chi connectivity index (χ2n) is 7.17. The lowest BCUT2D eigenvalue weighted by atomic mass is 9.99. The third-order valence-corrected chi connectivity index (χ3v) is 4.36. The van der Waals surface area contributed by atoms with E-state index in [-0.39, 0.29) is 43.6 Å². The maximum Gasteiger partial charge on any atom is 0.319 e. The fourth-order valence-corrected chi connectivity index (χ4v) is 2.89. The normalized spacial score (nSPS) is 19.5. The second kappa shape index (κ2) is 9.52. The Morgan fingerprint density at radius 3 is 2.46 bits per heavy atom. The molecule has 0 aliphatic carbocycles. The smallest absolute Gasteiger partial charge is 0.319 e. The van der Waals surface area contributed by atoms with Gasteiger partial charge in [-0.1, -0.05) is 12.1 Å². The van der Waals surface area contributed by atoms with Crippen LogP contribution in [0.3, 0.4) is 0 Å². The van der Waals surface area contributed by atoms with Crippen molar-refractivity contribution in [1.82, 2.24) is 15.1 Å². The van der Waals surface area contributed by atoms with Gasteiger partial charge in [-0.05, 0) is 31.5 Å². The number of hydrogen-bond acceptors (Lipinski definition) is 5. The van der Waals surface area contributed by atoms with Gasteiger partial charge in [-0.25, -0.2) is 4.79 Å². The average molecular weight is 392 g/mol. The number of hydrogen-bond donors (Lipinski definition) is 3. The largest absolute Gasteiger partial charge is 0.394 e. The summed E-state index contributed by atoms with van der Waals surface area (Å²) in [5.74, 6) is -0.572. The summed E-state index contributed by atoms with van der Waals surface area (Å²) in [5.41, 5.74) is 1.35. The Hall–Kier alpha value is -2.65. The fourth-order valence-electron chi connectivity index (χ4n) is 2.89. The third kappa shape index (κ3) is 5.43. The summed E-state index contributed by atoms with van der Waals surface area (Å²) in [7, 11) is 3.22. The molecule has 2 rings (SSSR count). The van der Waals surface area contributed by atoms with E-state index in [2.05, 4.69) is 10.6 Å². The van der Waals surface area contributed by atoms with Gasteiger partial charge < -0.3 is 30.3 Å². The summed E-state index contributed by atoms with van der Waals surface area (Å²) >= 11 is 0. The van der Waals surface area contributed by atoms with Gasteiger partial charge in [-0.15, -0.1) is 0 Å². The lowest BCUT2D eigenvalue weighted by Gasteiger charge is -2.40. The van der Waals surface area contributed by atoms with Gasteiger partial charge in [-0.2, -0.15) is 0 Å². The van der Waals surface area contributed by atoms with E-state index in [9.17, 15) is 19.5 Å². The van der Waals surface area contributed by atoms with Crippen LogP contribution >= 0.6 is 0 Å². The first-order valence-corrected chi connectivity index (χ1v) is 9.12. The van der Waals surface area contributed by atoms with Crippen molar-refractivity contribution >= 4 is 23.5 Å². The number of carbonyl (C=O) groups is 3. The number of carbonyl (C=O) groups excluding carboxylic acids is 3. The van der Waals surface area contributed by atoms with Crippen LogP contribution < -0.4 is 10.6 Å². The number of urea groups is 1. The number of aliphatic hydroxyl groups is 1. The SMILES string of the molecule is CC(C)NC(=O)Nc1ccc([C@H]2OCC(=O)N(CC(=O)N(C)C)[C@@H]2CO)cc1. The first-order chi connectivity index (χ1) is 13.2. The molecule has 28 heavy (non-hydrogen) atoms. The molecule has 2 atom stereocenters. The van der Waals surface area contributed by atoms with E-state index in [1.54, 1.807) is 38.4 Å². The summed E-state index contributed by atoms with van der Waals surface area (Å²) in [6.45, 7) is 3.11. The molecule has 9 heteroatoms. The molecule has 1 saturated heterocycles. The van der Waals surface area contributed by atoms with Crippen LogP contribution in [0, 0.1) is 0 Å². The molecule has 1 aromatic rings. The van der Waals surface area contributed by atoms with Crippen LogP contribution in [-0.4, -0.2) is 78.7 Å². The van der Waals surface area contributed by atoms with Gasteiger partial charge in [-0.3, -0.25) is 9.59 Å². The molecule has 9 nitrogen and oxygen atoms in total. The van der Waals surface area contributed by atoms with Crippen LogP contribution in [0.25, 0.3) is 0 Å². The number of amides is 4. The maximum atomic E-state index is 12.2. The van der Waals surface area contributed by atoms with Gasteiger partial charge >= 0.3 is 6.03 Å². The van der Waals surface area contributed by atoms with Gasteiger partial charge in [0.15, 0.2) is 0 Å². The van der Waals surface area contributed by atoms with Crippen LogP contribution in [0.2, 0.25) is 0 Å². The minimum atomic E-state index is -0.673. The molecule has 1 fully saturated rings. The highest BCUT2D eigenvalue weighted by atomic mass is 16.5. The monoisotopic (exact) mass is 392 g/mol. The third-order valence-electron chi connectivity index (χ3n) is 4.36. The Labute approximate surface area is 164 Å². The number of rotatable bonds is 6. The van der Waals surface area contributed by atoms with Crippen LogP contribution in [0.1, 0.15) is 25.5 Å². The van der Waals surface area contributed by atoms with E-state index in [4.69, 9.17) is 4.74 Å². The van der Waals surface area contributed by atoms with Crippen molar-refractivity contribution in [3.05, 3.63) is 29.8 Å². The summed E-state index contributed by atoms with van der Waals surface area (Å²) in [4.78, 5) is 38.8. The van der Waals surface area contributed by atoms with Crippen LogP contribution in [0.15, 0.2) is 24.3 Å². The summed E-state index contributed by atoms with van der Waals surface area (Å²) in [6.07, 6.45) is -0.573. The quantitative estimate of drug-likeness (QED) is 0.655. The standard InChI is InChI=1S/C19H28N4O5/c1-12(2)20-19(27)21-14-7-5-13(6-8-14)18-15(10-24)23(17(26)11-28-18)9-16(25)22(3)4/h5-8,12,15,18,24H,9-11H2,1-4H3,(H2,20,21,27)/t15-,18-/m1/s1. The zero-order chi connectivity index (χ0) is 20.8. The number of likely N-dealkylation sites (N-methyl/N-ethyl adjacent to an activating group) is 1. The van der Waals surface area contributed by atoms with Gasteiger partial charge in [0.1, 0.15) is 19.3 Å². The predicted octanol–water partition coefficient (Wildman–Crippen LogP) is 0.566. The Morgan fingerprint density at radius 1 is 1.29 bits per heavy atom. The summed E-state index contributed by atoms with van der Waals surface area (Å²) in [6, 6.07) is 6.02. The number of aliphatic hydroxyl groups excluding tert-OH is 1.